The second kappa shape index (κ2) is 8.27. The molecule has 0 saturated carbocycles. The van der Waals surface area contributed by atoms with Crippen molar-refractivity contribution in [2.75, 3.05) is 38.0 Å². The Bertz CT molecular complexity index is 753. The Morgan fingerprint density at radius 3 is 2.58 bits per heavy atom. The number of carbonyl (C=O) groups is 1. The summed E-state index contributed by atoms with van der Waals surface area (Å²) in [6.07, 6.45) is 1.45. The first-order valence-corrected chi connectivity index (χ1v) is 9.28. The van der Waals surface area contributed by atoms with Crippen LogP contribution in [0.1, 0.15) is 42.7 Å². The molecule has 1 fully saturated rings. The zero-order chi connectivity index (χ0) is 18.5. The van der Waals surface area contributed by atoms with Crippen molar-refractivity contribution in [1.29, 1.82) is 0 Å². The predicted octanol–water partition coefficient (Wildman–Crippen LogP) is 3.12. The number of piperazine rings is 1. The Kier molecular flexibility index (Phi) is 5.83. The molecule has 0 unspecified atom stereocenters. The lowest BCUT2D eigenvalue weighted by Gasteiger charge is -2.33. The summed E-state index contributed by atoms with van der Waals surface area (Å²) in [6.45, 7) is 10.8. The fraction of sp³-hybridized carbons (Fsp3) is 0.450. The lowest BCUT2D eigenvalue weighted by atomic mass is 10.0. The summed E-state index contributed by atoms with van der Waals surface area (Å²) in [5.74, 6) is 1.02. The van der Waals surface area contributed by atoms with E-state index < -0.39 is 0 Å². The molecule has 2 aromatic rings. The number of aromatic nitrogens is 2. The van der Waals surface area contributed by atoms with E-state index >= 15 is 0 Å². The Hall–Kier alpha value is -2.47. The highest BCUT2D eigenvalue weighted by atomic mass is 16.2. The number of likely N-dealkylation sites (N-methyl/N-ethyl adjacent to an activating group) is 1. The van der Waals surface area contributed by atoms with E-state index in [2.05, 4.69) is 47.0 Å². The normalized spacial score (nSPS) is 15.3. The van der Waals surface area contributed by atoms with Crippen LogP contribution in [0.5, 0.6) is 0 Å². The third-order valence-electron chi connectivity index (χ3n) is 4.84. The average molecular weight is 353 g/mol. The number of carbonyl (C=O) groups excluding carboxylic acids is 1. The number of amides is 1. The predicted molar refractivity (Wildman–Crippen MR) is 104 cm³/mol. The van der Waals surface area contributed by atoms with Crippen molar-refractivity contribution in [3.05, 3.63) is 47.9 Å². The van der Waals surface area contributed by atoms with Gasteiger partial charge in [0.1, 0.15) is 17.8 Å². The van der Waals surface area contributed by atoms with Gasteiger partial charge in [0.2, 0.25) is 0 Å². The van der Waals surface area contributed by atoms with Crippen molar-refractivity contribution in [1.82, 2.24) is 19.8 Å². The second-order valence-corrected chi connectivity index (χ2v) is 6.88. The highest BCUT2D eigenvalue weighted by molar-refractivity contribution is 5.93. The van der Waals surface area contributed by atoms with Crippen molar-refractivity contribution < 1.29 is 4.79 Å². The van der Waals surface area contributed by atoms with Crippen molar-refractivity contribution in [3.8, 4) is 0 Å². The Balaban J connectivity index is 1.74. The summed E-state index contributed by atoms with van der Waals surface area (Å²) in [5, 5.41) is 3.34. The average Bonchev–Trinajstić information content (AvgIpc) is 2.68. The van der Waals surface area contributed by atoms with Gasteiger partial charge in [-0.05, 0) is 24.1 Å². The van der Waals surface area contributed by atoms with E-state index in [4.69, 9.17) is 0 Å². The minimum Gasteiger partial charge on any atom is -0.340 e. The maximum atomic E-state index is 12.8. The van der Waals surface area contributed by atoms with Gasteiger partial charge in [-0.2, -0.15) is 0 Å². The molecular formula is C20H27N5O. The van der Waals surface area contributed by atoms with Gasteiger partial charge in [-0.15, -0.1) is 0 Å². The van der Waals surface area contributed by atoms with Crippen molar-refractivity contribution in [2.45, 2.75) is 26.7 Å². The summed E-state index contributed by atoms with van der Waals surface area (Å²) in [5.41, 5.74) is 2.67. The smallest absolute Gasteiger partial charge is 0.272 e. The molecule has 0 radical (unpaired) electrons. The van der Waals surface area contributed by atoms with Crippen LogP contribution in [0.25, 0.3) is 0 Å². The molecule has 1 amide bonds. The maximum absolute atomic E-state index is 12.8. The second-order valence-electron chi connectivity index (χ2n) is 6.88. The Morgan fingerprint density at radius 1 is 1.15 bits per heavy atom. The molecule has 0 atom stereocenters. The monoisotopic (exact) mass is 353 g/mol. The van der Waals surface area contributed by atoms with Gasteiger partial charge in [0.05, 0.1) is 0 Å². The molecule has 6 nitrogen and oxygen atoms in total. The molecule has 138 valence electrons. The quantitative estimate of drug-likeness (QED) is 0.895. The molecule has 2 heterocycles. The van der Waals surface area contributed by atoms with Crippen molar-refractivity contribution in [2.24, 2.45) is 0 Å². The molecule has 6 heteroatoms. The number of rotatable bonds is 5. The molecule has 0 bridgehead atoms. The van der Waals surface area contributed by atoms with E-state index in [1.807, 2.05) is 23.1 Å². The van der Waals surface area contributed by atoms with Gasteiger partial charge < -0.3 is 15.1 Å². The summed E-state index contributed by atoms with van der Waals surface area (Å²) in [7, 11) is 0. The van der Waals surface area contributed by atoms with Gasteiger partial charge in [-0.1, -0.05) is 39.0 Å². The number of hydrogen-bond acceptors (Lipinski definition) is 5. The van der Waals surface area contributed by atoms with Crippen molar-refractivity contribution >= 4 is 17.4 Å². The molecule has 1 aromatic heterocycles. The van der Waals surface area contributed by atoms with Crippen LogP contribution < -0.4 is 5.32 Å². The van der Waals surface area contributed by atoms with E-state index in [9.17, 15) is 4.79 Å². The first-order valence-electron chi connectivity index (χ1n) is 9.28. The van der Waals surface area contributed by atoms with E-state index in [0.717, 1.165) is 38.4 Å². The third kappa shape index (κ3) is 4.19. The van der Waals surface area contributed by atoms with Gasteiger partial charge in [0.25, 0.3) is 5.91 Å². The molecule has 0 spiro atoms. The van der Waals surface area contributed by atoms with Crippen LogP contribution in [-0.4, -0.2) is 58.4 Å². The number of nitrogens with one attached hydrogen (secondary N) is 1. The highest BCUT2D eigenvalue weighted by Crippen LogP contribution is 2.26. The maximum Gasteiger partial charge on any atom is 0.272 e. The van der Waals surface area contributed by atoms with E-state index in [0.29, 0.717) is 17.4 Å². The van der Waals surface area contributed by atoms with Gasteiger partial charge in [-0.3, -0.25) is 4.79 Å². The fourth-order valence-corrected chi connectivity index (χ4v) is 3.22. The summed E-state index contributed by atoms with van der Waals surface area (Å²) >= 11 is 0. The lowest BCUT2D eigenvalue weighted by Crippen LogP contribution is -2.48. The zero-order valence-corrected chi connectivity index (χ0v) is 15.8. The van der Waals surface area contributed by atoms with Crippen LogP contribution in [0, 0.1) is 0 Å². The van der Waals surface area contributed by atoms with Crippen LogP contribution in [-0.2, 0) is 0 Å². The number of nitrogens with zero attached hydrogens (tertiary/aromatic N) is 4. The molecule has 1 aliphatic rings. The molecule has 26 heavy (non-hydrogen) atoms. The SMILES string of the molecule is CCN1CCN(C(=O)c2cc(Nc3ccccc3C(C)C)ncn2)CC1. The molecule has 1 aromatic carbocycles. The Labute approximate surface area is 155 Å². The van der Waals surface area contributed by atoms with Gasteiger partial charge in [0.15, 0.2) is 0 Å². The number of anilines is 2. The summed E-state index contributed by atoms with van der Waals surface area (Å²) < 4.78 is 0. The minimum absolute atomic E-state index is 0.0247. The number of para-hydroxylation sites is 1. The molecule has 1 saturated heterocycles. The van der Waals surface area contributed by atoms with Crippen LogP contribution in [0.3, 0.4) is 0 Å². The summed E-state index contributed by atoms with van der Waals surface area (Å²) in [6, 6.07) is 9.90. The van der Waals surface area contributed by atoms with Crippen molar-refractivity contribution in [3.63, 3.8) is 0 Å². The van der Waals surface area contributed by atoms with Gasteiger partial charge in [0, 0.05) is 37.9 Å². The highest BCUT2D eigenvalue weighted by Gasteiger charge is 2.22. The van der Waals surface area contributed by atoms with Crippen LogP contribution in [0.15, 0.2) is 36.7 Å². The van der Waals surface area contributed by atoms with Crippen LogP contribution in [0.2, 0.25) is 0 Å². The van der Waals surface area contributed by atoms with E-state index in [1.54, 1.807) is 6.07 Å². The van der Waals surface area contributed by atoms with Crippen LogP contribution in [0.4, 0.5) is 11.5 Å². The summed E-state index contributed by atoms with van der Waals surface area (Å²) in [4.78, 5) is 25.5. The fourth-order valence-electron chi connectivity index (χ4n) is 3.22. The largest absolute Gasteiger partial charge is 0.340 e. The first-order chi connectivity index (χ1) is 12.6. The topological polar surface area (TPSA) is 61.4 Å². The third-order valence-corrected chi connectivity index (χ3v) is 4.84. The van der Waals surface area contributed by atoms with E-state index in [-0.39, 0.29) is 5.91 Å². The molecule has 1 aliphatic heterocycles. The van der Waals surface area contributed by atoms with Crippen LogP contribution >= 0.6 is 0 Å². The standard InChI is InChI=1S/C20H27N5O/c1-4-24-9-11-25(12-10-24)20(26)18-13-19(22-14-21-18)23-17-8-6-5-7-16(17)15(2)3/h5-8,13-15H,4,9-12H2,1-3H3,(H,21,22,23). The molecule has 1 N–H and O–H groups in total. The minimum atomic E-state index is -0.0247. The molecule has 0 aliphatic carbocycles. The van der Waals surface area contributed by atoms with Gasteiger partial charge >= 0.3 is 0 Å². The first kappa shape index (κ1) is 18.3. The number of hydrogen-bond donors (Lipinski definition) is 1. The van der Waals surface area contributed by atoms with Gasteiger partial charge in [-0.25, -0.2) is 9.97 Å². The lowest BCUT2D eigenvalue weighted by molar-refractivity contribution is 0.0637. The Morgan fingerprint density at radius 2 is 1.88 bits per heavy atom. The van der Waals surface area contributed by atoms with E-state index in [1.165, 1.54) is 11.9 Å². The molecular weight excluding hydrogens is 326 g/mol. The molecule has 3 rings (SSSR count). The number of benzene rings is 1. The zero-order valence-electron chi connectivity index (χ0n) is 15.8.